The van der Waals surface area contributed by atoms with Gasteiger partial charge in [-0.15, -0.1) is 4.91 Å². The van der Waals surface area contributed by atoms with E-state index >= 15 is 0 Å². The predicted molar refractivity (Wildman–Crippen MR) is 38.7 cm³/mol. The number of hydrogen-bond acceptors (Lipinski definition) is 4. The Balaban J connectivity index is 2.65. The molecule has 0 radical (unpaired) electrons. The van der Waals surface area contributed by atoms with Gasteiger partial charge in [0, 0.05) is 11.6 Å². The first kappa shape index (κ1) is 7.91. The van der Waals surface area contributed by atoms with Crippen molar-refractivity contribution in [1.82, 2.24) is 0 Å². The van der Waals surface area contributed by atoms with E-state index in [9.17, 15) is 9.70 Å². The molecule has 1 aliphatic rings. The molecule has 4 nitrogen and oxygen atoms in total. The molecule has 60 valence electrons. The average molecular weight is 155 g/mol. The number of esters is 1. The monoisotopic (exact) mass is 155 g/mol. The fourth-order valence-corrected chi connectivity index (χ4v) is 1.02. The van der Waals surface area contributed by atoms with Crippen molar-refractivity contribution in [3.05, 3.63) is 16.6 Å². The maximum Gasteiger partial charge on any atom is 0.333 e. The van der Waals surface area contributed by atoms with Crippen LogP contribution in [0.15, 0.2) is 16.8 Å². The average Bonchev–Trinajstić information content (AvgIpc) is 2.32. The van der Waals surface area contributed by atoms with Gasteiger partial charge in [-0.2, -0.15) is 0 Å². The number of hydrogen-bond donors (Lipinski definition) is 0. The van der Waals surface area contributed by atoms with Gasteiger partial charge in [0.25, 0.3) is 6.23 Å². The molecule has 0 saturated heterocycles. The normalized spacial score (nSPS) is 22.8. The molecular weight excluding hydrogens is 146 g/mol. The zero-order valence-electron chi connectivity index (χ0n) is 6.24. The molecule has 4 heteroatoms. The number of ether oxygens (including phenoxy) is 1. The van der Waals surface area contributed by atoms with Crippen molar-refractivity contribution in [1.29, 1.82) is 0 Å². The highest BCUT2D eigenvalue weighted by molar-refractivity contribution is 5.85. The lowest BCUT2D eigenvalue weighted by atomic mass is 10.1. The lowest BCUT2D eigenvalue weighted by molar-refractivity contribution is -0.138. The van der Waals surface area contributed by atoms with E-state index < -0.39 is 12.2 Å². The Morgan fingerprint density at radius 2 is 2.45 bits per heavy atom. The molecular formula is C7H9NO3. The molecule has 1 unspecified atom stereocenters. The fraction of sp³-hybridized carbons (Fsp3) is 0.571. The summed E-state index contributed by atoms with van der Waals surface area (Å²) in [5.74, 6) is -0.460. The fourth-order valence-electron chi connectivity index (χ4n) is 1.02. The topological polar surface area (TPSA) is 55.7 Å². The SMILES string of the molecule is CCCC1=CC(=O)OC1N=O. The van der Waals surface area contributed by atoms with Gasteiger partial charge in [-0.3, -0.25) is 0 Å². The predicted octanol–water partition coefficient (Wildman–Crippen LogP) is 1.36. The zero-order valence-corrected chi connectivity index (χ0v) is 6.24. The molecule has 1 heterocycles. The molecule has 1 atom stereocenters. The summed E-state index contributed by atoms with van der Waals surface area (Å²) in [6.45, 7) is 1.96. The van der Waals surface area contributed by atoms with Crippen molar-refractivity contribution in [2.75, 3.05) is 0 Å². The first-order valence-electron chi connectivity index (χ1n) is 3.51. The number of nitroso groups, excluding NO2 is 1. The van der Waals surface area contributed by atoms with E-state index in [0.29, 0.717) is 12.0 Å². The maximum atomic E-state index is 10.6. The van der Waals surface area contributed by atoms with Crippen LogP contribution in [0.4, 0.5) is 0 Å². The van der Waals surface area contributed by atoms with Crippen LogP contribution >= 0.6 is 0 Å². The number of nitrogens with zero attached hydrogens (tertiary/aromatic N) is 1. The first-order chi connectivity index (χ1) is 5.27. The molecule has 0 spiro atoms. The van der Waals surface area contributed by atoms with E-state index in [0.717, 1.165) is 6.42 Å². The van der Waals surface area contributed by atoms with Crippen molar-refractivity contribution < 1.29 is 9.53 Å². The van der Waals surface area contributed by atoms with Gasteiger partial charge in [0.1, 0.15) is 0 Å². The van der Waals surface area contributed by atoms with Crippen LogP contribution in [0.3, 0.4) is 0 Å². The summed E-state index contributed by atoms with van der Waals surface area (Å²) < 4.78 is 4.56. The zero-order chi connectivity index (χ0) is 8.27. The Kier molecular flexibility index (Phi) is 2.36. The van der Waals surface area contributed by atoms with Crippen LogP contribution in [0.2, 0.25) is 0 Å². The van der Waals surface area contributed by atoms with Crippen LogP contribution in [0, 0.1) is 4.91 Å². The van der Waals surface area contributed by atoms with Gasteiger partial charge in [0.05, 0.1) is 0 Å². The molecule has 0 aromatic carbocycles. The first-order valence-corrected chi connectivity index (χ1v) is 3.51. The van der Waals surface area contributed by atoms with Crippen molar-refractivity contribution >= 4 is 5.97 Å². The molecule has 1 rings (SSSR count). The van der Waals surface area contributed by atoms with E-state index in [1.165, 1.54) is 6.08 Å². The number of carbonyl (C=O) groups is 1. The van der Waals surface area contributed by atoms with Crippen molar-refractivity contribution in [2.45, 2.75) is 26.0 Å². The van der Waals surface area contributed by atoms with Crippen LogP contribution < -0.4 is 0 Å². The smallest absolute Gasteiger partial charge is 0.333 e. The summed E-state index contributed by atoms with van der Waals surface area (Å²) >= 11 is 0. The summed E-state index contributed by atoms with van der Waals surface area (Å²) in [4.78, 5) is 20.7. The van der Waals surface area contributed by atoms with E-state index in [2.05, 4.69) is 9.91 Å². The third-order valence-electron chi connectivity index (χ3n) is 1.48. The Morgan fingerprint density at radius 1 is 1.73 bits per heavy atom. The highest BCUT2D eigenvalue weighted by atomic mass is 16.6. The van der Waals surface area contributed by atoms with Crippen LogP contribution in [0.5, 0.6) is 0 Å². The summed E-state index contributed by atoms with van der Waals surface area (Å²) in [7, 11) is 0. The summed E-state index contributed by atoms with van der Waals surface area (Å²) in [5, 5.41) is 2.68. The molecule has 0 N–H and O–H groups in total. The second-order valence-corrected chi connectivity index (χ2v) is 2.36. The Morgan fingerprint density at radius 3 is 3.00 bits per heavy atom. The third-order valence-corrected chi connectivity index (χ3v) is 1.48. The molecule has 0 aliphatic carbocycles. The molecule has 0 saturated carbocycles. The second kappa shape index (κ2) is 3.27. The van der Waals surface area contributed by atoms with E-state index in [1.54, 1.807) is 0 Å². The van der Waals surface area contributed by atoms with Crippen molar-refractivity contribution in [3.8, 4) is 0 Å². The Hall–Kier alpha value is -1.19. The highest BCUT2D eigenvalue weighted by Crippen LogP contribution is 2.20. The largest absolute Gasteiger partial charge is 0.429 e. The van der Waals surface area contributed by atoms with Crippen LogP contribution in [-0.4, -0.2) is 12.2 Å². The second-order valence-electron chi connectivity index (χ2n) is 2.36. The molecule has 0 aromatic heterocycles. The molecule has 0 amide bonds. The third kappa shape index (κ3) is 1.63. The standard InChI is InChI=1S/C7H9NO3/c1-2-3-5-4-6(9)11-7(5)8-10/h4,7H,2-3H2,1H3. The van der Waals surface area contributed by atoms with Crippen molar-refractivity contribution in [2.24, 2.45) is 5.18 Å². The lowest BCUT2D eigenvalue weighted by Crippen LogP contribution is -2.07. The van der Waals surface area contributed by atoms with Crippen LogP contribution in [-0.2, 0) is 9.53 Å². The van der Waals surface area contributed by atoms with Crippen LogP contribution in [0.25, 0.3) is 0 Å². The molecule has 0 fully saturated rings. The van der Waals surface area contributed by atoms with Gasteiger partial charge >= 0.3 is 5.97 Å². The minimum atomic E-state index is -0.859. The quantitative estimate of drug-likeness (QED) is 0.456. The molecule has 11 heavy (non-hydrogen) atoms. The molecule has 1 aliphatic heterocycles. The van der Waals surface area contributed by atoms with E-state index in [4.69, 9.17) is 0 Å². The van der Waals surface area contributed by atoms with Crippen LogP contribution in [0.1, 0.15) is 19.8 Å². The number of cyclic esters (lactones) is 1. The molecule has 0 aromatic rings. The Labute approximate surface area is 64.2 Å². The lowest BCUT2D eigenvalue weighted by Gasteiger charge is -2.02. The summed E-state index contributed by atoms with van der Waals surface area (Å²) in [6, 6.07) is 0. The van der Waals surface area contributed by atoms with Gasteiger partial charge in [0.2, 0.25) is 0 Å². The maximum absolute atomic E-state index is 10.6. The van der Waals surface area contributed by atoms with E-state index in [1.807, 2.05) is 6.92 Å². The van der Waals surface area contributed by atoms with Crippen molar-refractivity contribution in [3.63, 3.8) is 0 Å². The highest BCUT2D eigenvalue weighted by Gasteiger charge is 2.25. The number of carbonyl (C=O) groups excluding carboxylic acids is 1. The summed E-state index contributed by atoms with van der Waals surface area (Å²) in [5.41, 5.74) is 0.688. The minimum Gasteiger partial charge on any atom is -0.429 e. The summed E-state index contributed by atoms with van der Waals surface area (Å²) in [6.07, 6.45) is 2.06. The van der Waals surface area contributed by atoms with Gasteiger partial charge in [-0.05, 0) is 11.6 Å². The number of rotatable bonds is 3. The molecule has 0 bridgehead atoms. The van der Waals surface area contributed by atoms with Gasteiger partial charge in [-0.1, -0.05) is 13.3 Å². The van der Waals surface area contributed by atoms with Gasteiger partial charge in [-0.25, -0.2) is 4.79 Å². The van der Waals surface area contributed by atoms with E-state index in [-0.39, 0.29) is 0 Å². The minimum absolute atomic E-state index is 0.460. The van der Waals surface area contributed by atoms with Gasteiger partial charge in [0.15, 0.2) is 0 Å². The van der Waals surface area contributed by atoms with Gasteiger partial charge < -0.3 is 4.74 Å². The Bertz CT molecular complexity index is 210.